The van der Waals surface area contributed by atoms with Gasteiger partial charge in [-0.3, -0.25) is 10.1 Å². The quantitative estimate of drug-likeness (QED) is 0.342. The van der Waals surface area contributed by atoms with Gasteiger partial charge in [0.25, 0.3) is 5.69 Å². The highest BCUT2D eigenvalue weighted by Gasteiger charge is 2.06. The van der Waals surface area contributed by atoms with Gasteiger partial charge in [0.2, 0.25) is 5.88 Å². The van der Waals surface area contributed by atoms with Gasteiger partial charge in [-0.15, -0.1) is 0 Å². The number of pyridine rings is 1. The number of benzene rings is 2. The third-order valence-corrected chi connectivity index (χ3v) is 3.33. The van der Waals surface area contributed by atoms with Crippen molar-refractivity contribution in [3.05, 3.63) is 83.0 Å². The van der Waals surface area contributed by atoms with Crippen LogP contribution < -0.4 is 14.2 Å². The molecule has 3 rings (SSSR count). The minimum atomic E-state index is -0.460. The van der Waals surface area contributed by atoms with Crippen LogP contribution in [0.1, 0.15) is 0 Å². The van der Waals surface area contributed by atoms with E-state index in [9.17, 15) is 10.1 Å². The molecule has 0 atom stereocenters. The summed E-state index contributed by atoms with van der Waals surface area (Å²) >= 11 is 0. The summed E-state index contributed by atoms with van der Waals surface area (Å²) in [6.45, 7) is 0.580. The van der Waals surface area contributed by atoms with E-state index in [1.807, 2.05) is 12.1 Å². The predicted octanol–water partition coefficient (Wildman–Crippen LogP) is 4.24. The van der Waals surface area contributed by atoms with E-state index in [1.54, 1.807) is 48.7 Å². The van der Waals surface area contributed by atoms with Crippen molar-refractivity contribution in [2.45, 2.75) is 0 Å². The van der Waals surface area contributed by atoms with Crippen molar-refractivity contribution in [3.8, 4) is 23.1 Å². The molecule has 2 aromatic carbocycles. The van der Waals surface area contributed by atoms with Crippen molar-refractivity contribution in [3.63, 3.8) is 0 Å². The lowest BCUT2D eigenvalue weighted by Gasteiger charge is -2.09. The zero-order chi connectivity index (χ0) is 18.2. The van der Waals surface area contributed by atoms with Gasteiger partial charge in [-0.2, -0.15) is 0 Å². The molecule has 0 fully saturated rings. The van der Waals surface area contributed by atoms with E-state index in [4.69, 9.17) is 14.2 Å². The standard InChI is InChI=1S/C19H16N2O5/c22-21(23)15-4-3-5-18(14-15)25-13-12-24-16-7-9-17(10-8-16)26-19-6-1-2-11-20-19/h1-11,14H,12-13H2. The van der Waals surface area contributed by atoms with Crippen LogP contribution >= 0.6 is 0 Å². The fourth-order valence-corrected chi connectivity index (χ4v) is 2.14. The molecule has 3 aromatic rings. The van der Waals surface area contributed by atoms with Gasteiger partial charge in [-0.1, -0.05) is 12.1 Å². The zero-order valence-corrected chi connectivity index (χ0v) is 13.8. The average molecular weight is 352 g/mol. The predicted molar refractivity (Wildman–Crippen MR) is 94.8 cm³/mol. The molecule has 0 saturated heterocycles. The Kier molecular flexibility index (Phi) is 5.61. The van der Waals surface area contributed by atoms with E-state index >= 15 is 0 Å². The molecule has 0 saturated carbocycles. The minimum absolute atomic E-state index is 0.00749. The SMILES string of the molecule is O=[N+]([O-])c1cccc(OCCOc2ccc(Oc3ccccn3)cc2)c1. The highest BCUT2D eigenvalue weighted by atomic mass is 16.6. The van der Waals surface area contributed by atoms with E-state index in [1.165, 1.54) is 12.1 Å². The second-order valence-electron chi connectivity index (χ2n) is 5.19. The maximum Gasteiger partial charge on any atom is 0.273 e. The molecule has 0 N–H and O–H groups in total. The summed E-state index contributed by atoms with van der Waals surface area (Å²) in [6, 6.07) is 18.6. The number of hydrogen-bond acceptors (Lipinski definition) is 6. The molecule has 1 heterocycles. The number of nitro groups is 1. The van der Waals surface area contributed by atoms with Crippen molar-refractivity contribution in [1.29, 1.82) is 0 Å². The number of nitrogens with zero attached hydrogens (tertiary/aromatic N) is 2. The van der Waals surface area contributed by atoms with Crippen LogP contribution in [0.25, 0.3) is 0 Å². The van der Waals surface area contributed by atoms with Crippen LogP contribution in [-0.4, -0.2) is 23.1 Å². The summed E-state index contributed by atoms with van der Waals surface area (Å²) in [5, 5.41) is 10.7. The zero-order valence-electron chi connectivity index (χ0n) is 13.8. The number of nitro benzene ring substituents is 1. The molecular weight excluding hydrogens is 336 g/mol. The molecule has 0 amide bonds. The van der Waals surface area contributed by atoms with Crippen LogP contribution in [0.15, 0.2) is 72.9 Å². The van der Waals surface area contributed by atoms with E-state index in [0.717, 1.165) is 0 Å². The minimum Gasteiger partial charge on any atom is -0.490 e. The second-order valence-corrected chi connectivity index (χ2v) is 5.19. The monoisotopic (exact) mass is 352 g/mol. The van der Waals surface area contributed by atoms with Crippen molar-refractivity contribution in [2.24, 2.45) is 0 Å². The molecule has 7 heteroatoms. The van der Waals surface area contributed by atoms with Crippen molar-refractivity contribution < 1.29 is 19.1 Å². The van der Waals surface area contributed by atoms with Crippen LogP contribution in [-0.2, 0) is 0 Å². The summed E-state index contributed by atoms with van der Waals surface area (Å²) < 4.78 is 16.6. The molecule has 0 spiro atoms. The van der Waals surface area contributed by atoms with Crippen LogP contribution in [0.5, 0.6) is 23.1 Å². The van der Waals surface area contributed by atoms with Gasteiger partial charge in [-0.05, 0) is 36.4 Å². The normalized spacial score (nSPS) is 10.2. The Bertz CT molecular complexity index is 853. The van der Waals surface area contributed by atoms with Crippen LogP contribution in [0.3, 0.4) is 0 Å². The third-order valence-electron chi connectivity index (χ3n) is 3.33. The summed E-state index contributed by atoms with van der Waals surface area (Å²) in [6.07, 6.45) is 1.66. The molecule has 0 unspecified atom stereocenters. The van der Waals surface area contributed by atoms with E-state index in [0.29, 0.717) is 29.7 Å². The van der Waals surface area contributed by atoms with Gasteiger partial charge < -0.3 is 14.2 Å². The fraction of sp³-hybridized carbons (Fsp3) is 0.105. The summed E-state index contributed by atoms with van der Waals surface area (Å²) in [5.41, 5.74) is -0.00749. The maximum absolute atomic E-state index is 10.7. The molecule has 0 radical (unpaired) electrons. The topological polar surface area (TPSA) is 83.7 Å². The molecular formula is C19H16N2O5. The smallest absolute Gasteiger partial charge is 0.273 e. The lowest BCUT2D eigenvalue weighted by Crippen LogP contribution is -2.09. The van der Waals surface area contributed by atoms with Crippen molar-refractivity contribution in [2.75, 3.05) is 13.2 Å². The molecule has 7 nitrogen and oxygen atoms in total. The Balaban J connectivity index is 1.45. The number of hydrogen-bond donors (Lipinski definition) is 0. The molecule has 0 bridgehead atoms. The van der Waals surface area contributed by atoms with Gasteiger partial charge in [0.1, 0.15) is 30.5 Å². The first kappa shape index (κ1) is 17.2. The van der Waals surface area contributed by atoms with Gasteiger partial charge in [0.05, 0.1) is 11.0 Å². The lowest BCUT2D eigenvalue weighted by atomic mass is 10.3. The third kappa shape index (κ3) is 4.94. The highest BCUT2D eigenvalue weighted by molar-refractivity contribution is 5.38. The Morgan fingerprint density at radius 1 is 0.846 bits per heavy atom. The number of rotatable bonds is 8. The van der Waals surface area contributed by atoms with E-state index in [-0.39, 0.29) is 12.3 Å². The molecule has 0 aliphatic rings. The Morgan fingerprint density at radius 2 is 1.58 bits per heavy atom. The number of aromatic nitrogens is 1. The van der Waals surface area contributed by atoms with Crippen LogP contribution in [0.4, 0.5) is 5.69 Å². The Hall–Kier alpha value is -3.61. The first-order valence-corrected chi connectivity index (χ1v) is 7.90. The highest BCUT2D eigenvalue weighted by Crippen LogP contribution is 2.22. The average Bonchev–Trinajstić information content (AvgIpc) is 2.67. The van der Waals surface area contributed by atoms with E-state index < -0.39 is 4.92 Å². The molecule has 26 heavy (non-hydrogen) atoms. The van der Waals surface area contributed by atoms with Crippen molar-refractivity contribution in [1.82, 2.24) is 4.98 Å². The molecule has 0 aliphatic heterocycles. The van der Waals surface area contributed by atoms with Gasteiger partial charge >= 0.3 is 0 Å². The largest absolute Gasteiger partial charge is 0.490 e. The van der Waals surface area contributed by atoms with Gasteiger partial charge in [-0.25, -0.2) is 4.98 Å². The number of non-ortho nitro benzene ring substituents is 1. The van der Waals surface area contributed by atoms with Crippen molar-refractivity contribution >= 4 is 5.69 Å². The first-order chi connectivity index (χ1) is 12.7. The Morgan fingerprint density at radius 3 is 2.27 bits per heavy atom. The van der Waals surface area contributed by atoms with Gasteiger partial charge in [0, 0.05) is 18.3 Å². The second kappa shape index (κ2) is 8.48. The van der Waals surface area contributed by atoms with Crippen LogP contribution in [0, 0.1) is 10.1 Å². The maximum atomic E-state index is 10.7. The summed E-state index contributed by atoms with van der Waals surface area (Å²) in [4.78, 5) is 14.4. The molecule has 0 aliphatic carbocycles. The summed E-state index contributed by atoms with van der Waals surface area (Å²) in [7, 11) is 0. The fourth-order valence-electron chi connectivity index (χ4n) is 2.14. The summed E-state index contributed by atoms with van der Waals surface area (Å²) in [5.74, 6) is 2.28. The molecule has 132 valence electrons. The number of ether oxygens (including phenoxy) is 3. The Labute approximate surface area is 149 Å². The van der Waals surface area contributed by atoms with Gasteiger partial charge in [0.15, 0.2) is 0 Å². The first-order valence-electron chi connectivity index (χ1n) is 7.90. The van der Waals surface area contributed by atoms with Crippen LogP contribution in [0.2, 0.25) is 0 Å². The lowest BCUT2D eigenvalue weighted by molar-refractivity contribution is -0.384. The molecule has 1 aromatic heterocycles. The van der Waals surface area contributed by atoms with E-state index in [2.05, 4.69) is 4.98 Å².